The topological polar surface area (TPSA) is 42.1 Å². The van der Waals surface area contributed by atoms with Crippen LogP contribution in [0.25, 0.3) is 10.9 Å². The van der Waals surface area contributed by atoms with Gasteiger partial charge in [-0.25, -0.2) is 4.98 Å². The summed E-state index contributed by atoms with van der Waals surface area (Å²) in [4.78, 5) is 7.23. The van der Waals surface area contributed by atoms with Gasteiger partial charge in [0, 0.05) is 18.0 Å². The van der Waals surface area contributed by atoms with Gasteiger partial charge < -0.3 is 5.73 Å². The first-order valence-electron chi connectivity index (χ1n) is 8.08. The van der Waals surface area contributed by atoms with Gasteiger partial charge in [-0.15, -0.1) is 0 Å². The van der Waals surface area contributed by atoms with Gasteiger partial charge in [-0.3, -0.25) is 4.90 Å². The maximum absolute atomic E-state index is 6.56. The molecule has 0 bridgehead atoms. The van der Waals surface area contributed by atoms with Gasteiger partial charge in [0.05, 0.1) is 16.2 Å². The van der Waals surface area contributed by atoms with Gasteiger partial charge >= 0.3 is 0 Å². The summed E-state index contributed by atoms with van der Waals surface area (Å²) in [6.45, 7) is 7.19. The van der Waals surface area contributed by atoms with Crippen LogP contribution in [0.1, 0.15) is 31.0 Å². The Morgan fingerprint density at radius 2 is 2.00 bits per heavy atom. The molecule has 1 aromatic heterocycles. The molecule has 0 amide bonds. The van der Waals surface area contributed by atoms with Crippen LogP contribution >= 0.6 is 11.6 Å². The minimum atomic E-state index is 0.298. The molecule has 1 aromatic carbocycles. The van der Waals surface area contributed by atoms with Gasteiger partial charge in [-0.2, -0.15) is 0 Å². The minimum absolute atomic E-state index is 0.298. The highest BCUT2D eigenvalue weighted by atomic mass is 35.5. The van der Waals surface area contributed by atoms with Crippen molar-refractivity contribution in [1.29, 1.82) is 0 Å². The molecule has 3 nitrogen and oxygen atoms in total. The number of piperidine rings is 1. The molecule has 1 saturated heterocycles. The van der Waals surface area contributed by atoms with E-state index in [0.717, 1.165) is 46.8 Å². The fourth-order valence-electron chi connectivity index (χ4n) is 3.37. The first-order chi connectivity index (χ1) is 10.6. The second-order valence-corrected chi connectivity index (χ2v) is 6.87. The molecule has 22 heavy (non-hydrogen) atoms. The third-order valence-corrected chi connectivity index (χ3v) is 5.40. The second kappa shape index (κ2) is 6.53. The number of nitrogens with two attached hydrogens (primary N) is 1. The van der Waals surface area contributed by atoms with Crippen LogP contribution in [0, 0.1) is 12.8 Å². The third kappa shape index (κ3) is 3.12. The lowest BCUT2D eigenvalue weighted by atomic mass is 9.91. The molecule has 1 atom stereocenters. The fourth-order valence-corrected chi connectivity index (χ4v) is 3.57. The van der Waals surface area contributed by atoms with E-state index in [1.54, 1.807) is 0 Å². The van der Waals surface area contributed by atoms with Crippen LogP contribution in [0.4, 0.5) is 0 Å². The SMILES string of the molecule is Cc1c(Cl)c(CN2CCC(C(C)N)CC2)nc2ccccc12. The van der Waals surface area contributed by atoms with Gasteiger partial charge in [0.25, 0.3) is 0 Å². The monoisotopic (exact) mass is 317 g/mol. The highest BCUT2D eigenvalue weighted by Gasteiger charge is 2.23. The number of fused-ring (bicyclic) bond motifs is 1. The Morgan fingerprint density at radius 1 is 1.32 bits per heavy atom. The number of hydrogen-bond acceptors (Lipinski definition) is 3. The summed E-state index contributed by atoms with van der Waals surface area (Å²) in [5.41, 5.74) is 9.18. The van der Waals surface area contributed by atoms with E-state index in [1.165, 1.54) is 12.8 Å². The van der Waals surface area contributed by atoms with E-state index in [1.807, 2.05) is 12.1 Å². The molecule has 1 fully saturated rings. The molecule has 118 valence electrons. The normalized spacial score (nSPS) is 18.7. The number of rotatable bonds is 3. The number of hydrogen-bond donors (Lipinski definition) is 1. The Hall–Kier alpha value is -1.16. The molecular weight excluding hydrogens is 294 g/mol. The number of halogens is 1. The Bertz CT molecular complexity index is 661. The van der Waals surface area contributed by atoms with Crippen LogP contribution in [0.3, 0.4) is 0 Å². The summed E-state index contributed by atoms with van der Waals surface area (Å²) in [6.07, 6.45) is 2.34. The first-order valence-corrected chi connectivity index (χ1v) is 8.45. The second-order valence-electron chi connectivity index (χ2n) is 6.49. The summed E-state index contributed by atoms with van der Waals surface area (Å²) in [5.74, 6) is 0.651. The number of likely N-dealkylation sites (tertiary alicyclic amines) is 1. The predicted octanol–water partition coefficient (Wildman–Crippen LogP) is 3.76. The van der Waals surface area contributed by atoms with E-state index in [-0.39, 0.29) is 0 Å². The molecule has 0 spiro atoms. The Labute approximate surface area is 137 Å². The zero-order valence-corrected chi connectivity index (χ0v) is 14.1. The average molecular weight is 318 g/mol. The van der Waals surface area contributed by atoms with Gasteiger partial charge in [0.15, 0.2) is 0 Å². The number of para-hydroxylation sites is 1. The smallest absolute Gasteiger partial charge is 0.0740 e. The van der Waals surface area contributed by atoms with Gasteiger partial charge in [0.1, 0.15) is 0 Å². The lowest BCUT2D eigenvalue weighted by Crippen LogP contribution is -2.39. The fraction of sp³-hybridized carbons (Fsp3) is 0.500. The largest absolute Gasteiger partial charge is 0.328 e. The van der Waals surface area contributed by atoms with E-state index >= 15 is 0 Å². The molecule has 4 heteroatoms. The highest BCUT2D eigenvalue weighted by molar-refractivity contribution is 6.32. The Kier molecular flexibility index (Phi) is 4.67. The Balaban J connectivity index is 1.79. The number of aromatic nitrogens is 1. The molecule has 2 heterocycles. The molecule has 1 aliphatic heterocycles. The molecule has 0 saturated carbocycles. The van der Waals surface area contributed by atoms with Crippen molar-refractivity contribution in [1.82, 2.24) is 9.88 Å². The van der Waals surface area contributed by atoms with Crippen LogP contribution in [-0.2, 0) is 6.54 Å². The highest BCUT2D eigenvalue weighted by Crippen LogP contribution is 2.29. The maximum atomic E-state index is 6.56. The van der Waals surface area contributed by atoms with Crippen molar-refractivity contribution in [3.05, 3.63) is 40.5 Å². The van der Waals surface area contributed by atoms with Crippen LogP contribution in [0.15, 0.2) is 24.3 Å². The molecule has 2 N–H and O–H groups in total. The zero-order valence-electron chi connectivity index (χ0n) is 13.3. The maximum Gasteiger partial charge on any atom is 0.0740 e. The van der Waals surface area contributed by atoms with E-state index in [2.05, 4.69) is 30.9 Å². The predicted molar refractivity (Wildman–Crippen MR) is 93.1 cm³/mol. The number of pyridine rings is 1. The van der Waals surface area contributed by atoms with E-state index < -0.39 is 0 Å². The molecular formula is C18H24ClN3. The van der Waals surface area contributed by atoms with Gasteiger partial charge in [-0.1, -0.05) is 29.8 Å². The third-order valence-electron chi connectivity index (χ3n) is 4.90. The van der Waals surface area contributed by atoms with Crippen molar-refractivity contribution in [2.24, 2.45) is 11.7 Å². The molecule has 0 radical (unpaired) electrons. The van der Waals surface area contributed by atoms with Gasteiger partial charge in [0.2, 0.25) is 0 Å². The van der Waals surface area contributed by atoms with E-state index in [4.69, 9.17) is 22.3 Å². The molecule has 3 rings (SSSR count). The zero-order chi connectivity index (χ0) is 15.7. The van der Waals surface area contributed by atoms with Crippen molar-refractivity contribution in [2.45, 2.75) is 39.3 Å². The van der Waals surface area contributed by atoms with Crippen LogP contribution in [-0.4, -0.2) is 29.0 Å². The standard InChI is InChI=1S/C18H24ClN3/c1-12-15-5-3-4-6-16(15)21-17(18(12)19)11-22-9-7-14(8-10-22)13(2)20/h3-6,13-14H,7-11,20H2,1-2H3. The molecule has 2 aromatic rings. The molecule has 1 unspecified atom stereocenters. The van der Waals surface area contributed by atoms with E-state index in [0.29, 0.717) is 12.0 Å². The number of nitrogens with zero attached hydrogens (tertiary/aromatic N) is 2. The van der Waals surface area contributed by atoms with Crippen LogP contribution in [0.5, 0.6) is 0 Å². The summed E-state index contributed by atoms with van der Waals surface area (Å²) >= 11 is 6.56. The van der Waals surface area contributed by atoms with Crippen molar-refractivity contribution < 1.29 is 0 Å². The van der Waals surface area contributed by atoms with Crippen molar-refractivity contribution >= 4 is 22.5 Å². The average Bonchev–Trinajstić information content (AvgIpc) is 2.53. The van der Waals surface area contributed by atoms with Gasteiger partial charge in [-0.05, 0) is 57.3 Å². The molecule has 1 aliphatic rings. The quantitative estimate of drug-likeness (QED) is 0.937. The van der Waals surface area contributed by atoms with Crippen LogP contribution in [0.2, 0.25) is 5.02 Å². The summed E-state index contributed by atoms with van der Waals surface area (Å²) in [5, 5.41) is 1.96. The first kappa shape index (κ1) is 15.7. The lowest BCUT2D eigenvalue weighted by Gasteiger charge is -2.33. The minimum Gasteiger partial charge on any atom is -0.328 e. The summed E-state index contributed by atoms with van der Waals surface area (Å²) in [6, 6.07) is 8.50. The summed E-state index contributed by atoms with van der Waals surface area (Å²) < 4.78 is 0. The van der Waals surface area contributed by atoms with Crippen molar-refractivity contribution in [3.8, 4) is 0 Å². The number of benzene rings is 1. The Morgan fingerprint density at radius 3 is 2.68 bits per heavy atom. The van der Waals surface area contributed by atoms with Crippen molar-refractivity contribution in [3.63, 3.8) is 0 Å². The summed E-state index contributed by atoms with van der Waals surface area (Å²) in [7, 11) is 0. The number of aryl methyl sites for hydroxylation is 1. The molecule has 0 aliphatic carbocycles. The van der Waals surface area contributed by atoms with Crippen LogP contribution < -0.4 is 5.73 Å². The van der Waals surface area contributed by atoms with Crippen molar-refractivity contribution in [2.75, 3.05) is 13.1 Å². The lowest BCUT2D eigenvalue weighted by molar-refractivity contribution is 0.164. The van der Waals surface area contributed by atoms with E-state index in [9.17, 15) is 0 Å².